The van der Waals surface area contributed by atoms with E-state index in [4.69, 9.17) is 9.47 Å². The number of aliphatic hydroxyl groups excluding tert-OH is 1. The number of hydrogen-bond acceptors (Lipinski definition) is 4. The predicted octanol–water partition coefficient (Wildman–Crippen LogP) is 2.67. The molecule has 1 heterocycles. The van der Waals surface area contributed by atoms with Crippen LogP contribution >= 0.6 is 0 Å². The highest BCUT2D eigenvalue weighted by atomic mass is 16.6. The highest BCUT2D eigenvalue weighted by molar-refractivity contribution is 5.67. The fourth-order valence-corrected chi connectivity index (χ4v) is 2.71. The van der Waals surface area contributed by atoms with Crippen molar-refractivity contribution in [1.82, 2.24) is 5.32 Å². The minimum atomic E-state index is -0.683. The molecule has 0 aromatic heterocycles. The SMILES string of the molecule is O=C(N[C@@H](Cc1ccccc1)[C@H](O)CC1CO1)OCc1ccccc1. The largest absolute Gasteiger partial charge is 0.445 e. The second-order valence-corrected chi connectivity index (χ2v) is 6.26. The van der Waals surface area contributed by atoms with E-state index < -0.39 is 18.2 Å². The van der Waals surface area contributed by atoms with Gasteiger partial charge in [0, 0.05) is 6.42 Å². The third-order valence-electron chi connectivity index (χ3n) is 4.19. The number of ether oxygens (including phenoxy) is 2. The summed E-state index contributed by atoms with van der Waals surface area (Å²) in [5, 5.41) is 13.3. The third kappa shape index (κ3) is 5.89. The molecule has 132 valence electrons. The van der Waals surface area contributed by atoms with Crippen LogP contribution in [0.4, 0.5) is 4.79 Å². The van der Waals surface area contributed by atoms with Crippen LogP contribution in [0.5, 0.6) is 0 Å². The van der Waals surface area contributed by atoms with Crippen molar-refractivity contribution >= 4 is 6.09 Å². The molecule has 5 heteroatoms. The maximum absolute atomic E-state index is 12.1. The first kappa shape index (κ1) is 17.5. The molecule has 1 aliphatic rings. The van der Waals surface area contributed by atoms with Gasteiger partial charge in [0.15, 0.2) is 0 Å². The van der Waals surface area contributed by atoms with Gasteiger partial charge in [0.1, 0.15) is 6.61 Å². The summed E-state index contributed by atoms with van der Waals surface area (Å²) in [6.45, 7) is 0.875. The summed E-state index contributed by atoms with van der Waals surface area (Å²) in [7, 11) is 0. The standard InChI is InChI=1S/C20H23NO4/c22-19(12-17-14-24-17)18(11-15-7-3-1-4-8-15)21-20(23)25-13-16-9-5-2-6-10-16/h1-10,17-19,22H,11-14H2,(H,21,23)/t17?,18-,19+/m0/s1. The summed E-state index contributed by atoms with van der Waals surface area (Å²) in [4.78, 5) is 12.1. The molecule has 3 rings (SSSR count). The number of rotatable bonds is 8. The monoisotopic (exact) mass is 341 g/mol. The lowest BCUT2D eigenvalue weighted by molar-refractivity contribution is 0.0911. The maximum atomic E-state index is 12.1. The predicted molar refractivity (Wildman–Crippen MR) is 94.1 cm³/mol. The van der Waals surface area contributed by atoms with E-state index in [9.17, 15) is 9.90 Å². The van der Waals surface area contributed by atoms with Gasteiger partial charge in [0.2, 0.25) is 0 Å². The van der Waals surface area contributed by atoms with Crippen molar-refractivity contribution in [3.05, 3.63) is 71.8 Å². The normalized spacial score (nSPS) is 18.2. The number of aliphatic hydroxyl groups is 1. The van der Waals surface area contributed by atoms with Crippen molar-refractivity contribution in [2.75, 3.05) is 6.61 Å². The van der Waals surface area contributed by atoms with E-state index in [2.05, 4.69) is 5.32 Å². The molecule has 25 heavy (non-hydrogen) atoms. The van der Waals surface area contributed by atoms with Crippen LogP contribution in [0.3, 0.4) is 0 Å². The molecule has 0 bridgehead atoms. The van der Waals surface area contributed by atoms with Crippen molar-refractivity contribution in [3.63, 3.8) is 0 Å². The number of epoxide rings is 1. The zero-order valence-electron chi connectivity index (χ0n) is 14.0. The van der Waals surface area contributed by atoms with Crippen LogP contribution in [-0.2, 0) is 22.5 Å². The molecule has 0 spiro atoms. The summed E-state index contributed by atoms with van der Waals surface area (Å²) >= 11 is 0. The highest BCUT2D eigenvalue weighted by Crippen LogP contribution is 2.19. The smallest absolute Gasteiger partial charge is 0.407 e. The molecule has 1 aliphatic heterocycles. The summed E-state index contributed by atoms with van der Waals surface area (Å²) in [6, 6.07) is 18.9. The molecule has 5 nitrogen and oxygen atoms in total. The summed E-state index contributed by atoms with van der Waals surface area (Å²) in [6.07, 6.45) is -0.0704. The molecular weight excluding hydrogens is 318 g/mol. The van der Waals surface area contributed by atoms with E-state index >= 15 is 0 Å². The Hall–Kier alpha value is -2.37. The highest BCUT2D eigenvalue weighted by Gasteiger charge is 2.31. The Morgan fingerprint density at radius 1 is 1.12 bits per heavy atom. The number of carbonyl (C=O) groups excluding carboxylic acids is 1. The van der Waals surface area contributed by atoms with Gasteiger partial charge in [-0.2, -0.15) is 0 Å². The first-order chi connectivity index (χ1) is 12.2. The lowest BCUT2D eigenvalue weighted by Crippen LogP contribution is -2.45. The Balaban J connectivity index is 1.56. The molecule has 2 aromatic carbocycles. The molecule has 1 unspecified atom stereocenters. The topological polar surface area (TPSA) is 71.1 Å². The number of benzene rings is 2. The second kappa shape index (κ2) is 8.65. The van der Waals surface area contributed by atoms with Crippen molar-refractivity contribution < 1.29 is 19.4 Å². The minimum Gasteiger partial charge on any atom is -0.445 e. The van der Waals surface area contributed by atoms with Gasteiger partial charge < -0.3 is 19.9 Å². The van der Waals surface area contributed by atoms with Gasteiger partial charge in [-0.15, -0.1) is 0 Å². The molecule has 0 radical (unpaired) electrons. The van der Waals surface area contributed by atoms with E-state index in [0.29, 0.717) is 19.4 Å². The van der Waals surface area contributed by atoms with E-state index in [0.717, 1.165) is 11.1 Å². The van der Waals surface area contributed by atoms with Crippen LogP contribution in [0.25, 0.3) is 0 Å². The Bertz CT molecular complexity index is 658. The Morgan fingerprint density at radius 3 is 2.32 bits per heavy atom. The Labute approximate surface area is 147 Å². The lowest BCUT2D eigenvalue weighted by atomic mass is 9.98. The minimum absolute atomic E-state index is 0.0930. The summed E-state index contributed by atoms with van der Waals surface area (Å²) in [5.74, 6) is 0. The molecule has 1 amide bonds. The molecule has 3 atom stereocenters. The Kier molecular flexibility index (Phi) is 6.04. The van der Waals surface area contributed by atoms with Crippen LogP contribution < -0.4 is 5.32 Å². The first-order valence-electron chi connectivity index (χ1n) is 8.51. The summed E-state index contributed by atoms with van der Waals surface area (Å²) < 4.78 is 10.5. The molecule has 2 N–H and O–H groups in total. The van der Waals surface area contributed by atoms with Gasteiger partial charge >= 0.3 is 6.09 Å². The average molecular weight is 341 g/mol. The quantitative estimate of drug-likeness (QED) is 0.724. The Morgan fingerprint density at radius 2 is 1.72 bits per heavy atom. The molecule has 0 saturated carbocycles. The number of hydrogen-bond donors (Lipinski definition) is 2. The van der Waals surface area contributed by atoms with Crippen LogP contribution in [0.15, 0.2) is 60.7 Å². The van der Waals surface area contributed by atoms with Gasteiger partial charge in [-0.25, -0.2) is 4.79 Å². The van der Waals surface area contributed by atoms with Crippen molar-refractivity contribution in [1.29, 1.82) is 0 Å². The van der Waals surface area contributed by atoms with Gasteiger partial charge in [-0.05, 0) is 17.5 Å². The van der Waals surface area contributed by atoms with Crippen LogP contribution in [-0.4, -0.2) is 36.1 Å². The lowest BCUT2D eigenvalue weighted by Gasteiger charge is -2.23. The zero-order valence-corrected chi connectivity index (χ0v) is 14.0. The van der Waals surface area contributed by atoms with Gasteiger partial charge in [-0.1, -0.05) is 60.7 Å². The third-order valence-corrected chi connectivity index (χ3v) is 4.19. The van der Waals surface area contributed by atoms with E-state index in [1.54, 1.807) is 0 Å². The fraction of sp³-hybridized carbons (Fsp3) is 0.350. The number of amides is 1. The second-order valence-electron chi connectivity index (χ2n) is 6.26. The molecule has 2 aromatic rings. The first-order valence-corrected chi connectivity index (χ1v) is 8.51. The number of carbonyl (C=O) groups is 1. The van der Waals surface area contributed by atoms with E-state index in [1.807, 2.05) is 60.7 Å². The van der Waals surface area contributed by atoms with Gasteiger partial charge in [-0.3, -0.25) is 0 Å². The van der Waals surface area contributed by atoms with Crippen LogP contribution in [0.1, 0.15) is 17.5 Å². The number of nitrogens with one attached hydrogen (secondary N) is 1. The van der Waals surface area contributed by atoms with Gasteiger partial charge in [0.25, 0.3) is 0 Å². The summed E-state index contributed by atoms with van der Waals surface area (Å²) in [5.41, 5.74) is 1.97. The van der Waals surface area contributed by atoms with E-state index in [-0.39, 0.29) is 12.7 Å². The molecule has 1 fully saturated rings. The van der Waals surface area contributed by atoms with E-state index in [1.165, 1.54) is 0 Å². The van der Waals surface area contributed by atoms with Crippen LogP contribution in [0, 0.1) is 0 Å². The maximum Gasteiger partial charge on any atom is 0.407 e. The average Bonchev–Trinajstić information content (AvgIpc) is 3.45. The molecule has 1 saturated heterocycles. The van der Waals surface area contributed by atoms with Crippen molar-refractivity contribution in [3.8, 4) is 0 Å². The zero-order chi connectivity index (χ0) is 17.5. The van der Waals surface area contributed by atoms with Crippen molar-refractivity contribution in [2.24, 2.45) is 0 Å². The fourth-order valence-electron chi connectivity index (χ4n) is 2.71. The van der Waals surface area contributed by atoms with Crippen LogP contribution in [0.2, 0.25) is 0 Å². The molecular formula is C20H23NO4. The molecule has 0 aliphatic carbocycles. The van der Waals surface area contributed by atoms with Gasteiger partial charge in [0.05, 0.1) is 24.9 Å². The number of alkyl carbamates (subject to hydrolysis) is 1. The van der Waals surface area contributed by atoms with Crippen molar-refractivity contribution in [2.45, 2.75) is 37.7 Å².